The minimum absolute atomic E-state index is 0.129. The SMILES string of the molecule is CCn1c(SCC(=O)Nc2ccccc2C#N)nnc1-c1cccc(NC(C)=O)c1. The van der Waals surface area contributed by atoms with Gasteiger partial charge in [0.25, 0.3) is 0 Å². The molecule has 3 rings (SSSR count). The first-order valence-electron chi connectivity index (χ1n) is 9.24. The Morgan fingerprint density at radius 1 is 1.13 bits per heavy atom. The molecule has 1 aromatic heterocycles. The zero-order chi connectivity index (χ0) is 21.5. The van der Waals surface area contributed by atoms with E-state index in [0.29, 0.717) is 34.5 Å². The van der Waals surface area contributed by atoms with Crippen molar-refractivity contribution in [2.75, 3.05) is 16.4 Å². The van der Waals surface area contributed by atoms with Crippen molar-refractivity contribution in [1.82, 2.24) is 14.8 Å². The molecule has 0 saturated heterocycles. The van der Waals surface area contributed by atoms with Crippen molar-refractivity contribution in [3.63, 3.8) is 0 Å². The van der Waals surface area contributed by atoms with Gasteiger partial charge in [-0.1, -0.05) is 36.0 Å². The topological polar surface area (TPSA) is 113 Å². The van der Waals surface area contributed by atoms with E-state index in [0.717, 1.165) is 5.56 Å². The summed E-state index contributed by atoms with van der Waals surface area (Å²) >= 11 is 1.27. The Bertz CT molecular complexity index is 1120. The summed E-state index contributed by atoms with van der Waals surface area (Å²) in [4.78, 5) is 23.6. The van der Waals surface area contributed by atoms with Crippen LogP contribution in [0, 0.1) is 11.3 Å². The highest BCUT2D eigenvalue weighted by Crippen LogP contribution is 2.26. The molecule has 0 spiro atoms. The molecule has 3 aromatic rings. The van der Waals surface area contributed by atoms with Gasteiger partial charge < -0.3 is 15.2 Å². The largest absolute Gasteiger partial charge is 0.326 e. The van der Waals surface area contributed by atoms with Crippen LogP contribution in [0.15, 0.2) is 53.7 Å². The Labute approximate surface area is 178 Å². The average molecular weight is 420 g/mol. The Kier molecular flexibility index (Phi) is 6.83. The van der Waals surface area contributed by atoms with E-state index in [2.05, 4.69) is 26.9 Å². The number of anilines is 2. The van der Waals surface area contributed by atoms with Gasteiger partial charge in [0.2, 0.25) is 11.8 Å². The smallest absolute Gasteiger partial charge is 0.234 e. The van der Waals surface area contributed by atoms with Crippen LogP contribution in [0.4, 0.5) is 11.4 Å². The summed E-state index contributed by atoms with van der Waals surface area (Å²) in [5.74, 6) is 0.401. The van der Waals surface area contributed by atoms with E-state index >= 15 is 0 Å². The van der Waals surface area contributed by atoms with Gasteiger partial charge in [0.05, 0.1) is 17.0 Å². The zero-order valence-corrected chi connectivity index (χ0v) is 17.4. The maximum Gasteiger partial charge on any atom is 0.234 e. The molecule has 30 heavy (non-hydrogen) atoms. The summed E-state index contributed by atoms with van der Waals surface area (Å²) in [5, 5.41) is 23.7. The van der Waals surface area contributed by atoms with Gasteiger partial charge in [-0.25, -0.2) is 0 Å². The number of amides is 2. The summed E-state index contributed by atoms with van der Waals surface area (Å²) in [6, 6.07) is 16.3. The third-order valence-corrected chi connectivity index (χ3v) is 5.09. The van der Waals surface area contributed by atoms with E-state index in [1.54, 1.807) is 30.3 Å². The molecular weight excluding hydrogens is 400 g/mol. The third kappa shape index (κ3) is 5.04. The second-order valence-electron chi connectivity index (χ2n) is 6.31. The van der Waals surface area contributed by atoms with Gasteiger partial charge in [0.1, 0.15) is 6.07 Å². The summed E-state index contributed by atoms with van der Waals surface area (Å²) in [6.07, 6.45) is 0. The Balaban J connectivity index is 1.73. The first-order chi connectivity index (χ1) is 14.5. The molecule has 0 atom stereocenters. The van der Waals surface area contributed by atoms with Gasteiger partial charge in [-0.05, 0) is 31.2 Å². The lowest BCUT2D eigenvalue weighted by atomic mass is 10.2. The van der Waals surface area contributed by atoms with Crippen LogP contribution in [0.3, 0.4) is 0 Å². The summed E-state index contributed by atoms with van der Waals surface area (Å²) in [5.41, 5.74) is 2.39. The molecule has 2 amide bonds. The third-order valence-electron chi connectivity index (χ3n) is 4.13. The highest BCUT2D eigenvalue weighted by Gasteiger charge is 2.15. The van der Waals surface area contributed by atoms with Gasteiger partial charge >= 0.3 is 0 Å². The maximum absolute atomic E-state index is 12.3. The van der Waals surface area contributed by atoms with Crippen molar-refractivity contribution in [1.29, 1.82) is 5.26 Å². The van der Waals surface area contributed by atoms with Crippen molar-refractivity contribution in [2.45, 2.75) is 25.5 Å². The predicted molar refractivity (Wildman–Crippen MR) is 116 cm³/mol. The monoisotopic (exact) mass is 420 g/mol. The number of carbonyl (C=O) groups is 2. The summed E-state index contributed by atoms with van der Waals surface area (Å²) in [6.45, 7) is 4.04. The fraction of sp³-hybridized carbons (Fsp3) is 0.190. The molecule has 2 N–H and O–H groups in total. The van der Waals surface area contributed by atoms with E-state index in [1.807, 2.05) is 29.7 Å². The maximum atomic E-state index is 12.3. The predicted octanol–water partition coefficient (Wildman–Crippen LogP) is 3.53. The second kappa shape index (κ2) is 9.71. The highest BCUT2D eigenvalue weighted by molar-refractivity contribution is 7.99. The zero-order valence-electron chi connectivity index (χ0n) is 16.5. The lowest BCUT2D eigenvalue weighted by Crippen LogP contribution is -2.15. The molecule has 9 heteroatoms. The number of hydrogen-bond donors (Lipinski definition) is 2. The van der Waals surface area contributed by atoms with Crippen LogP contribution in [-0.2, 0) is 16.1 Å². The first kappa shape index (κ1) is 21.1. The molecule has 0 unspecified atom stereocenters. The standard InChI is InChI=1S/C21H20N6O2S/c1-3-27-20(15-8-6-9-17(11-15)23-14(2)28)25-26-21(27)30-13-19(29)24-18-10-5-4-7-16(18)12-22/h4-11H,3,13H2,1-2H3,(H,23,28)(H,24,29). The molecule has 0 saturated carbocycles. The number of hydrogen-bond acceptors (Lipinski definition) is 6. The van der Waals surface area contributed by atoms with Crippen molar-refractivity contribution in [3.8, 4) is 17.5 Å². The van der Waals surface area contributed by atoms with E-state index in [9.17, 15) is 9.59 Å². The minimum Gasteiger partial charge on any atom is -0.326 e. The van der Waals surface area contributed by atoms with E-state index in [4.69, 9.17) is 5.26 Å². The Morgan fingerprint density at radius 3 is 2.67 bits per heavy atom. The molecule has 0 aliphatic rings. The molecule has 1 heterocycles. The quantitative estimate of drug-likeness (QED) is 0.566. The Morgan fingerprint density at radius 2 is 1.93 bits per heavy atom. The van der Waals surface area contributed by atoms with Crippen molar-refractivity contribution >= 4 is 35.0 Å². The molecule has 0 aliphatic heterocycles. The number of para-hydroxylation sites is 1. The number of benzene rings is 2. The Hall–Kier alpha value is -3.64. The number of thioether (sulfide) groups is 1. The molecule has 0 fully saturated rings. The molecule has 8 nitrogen and oxygen atoms in total. The lowest BCUT2D eigenvalue weighted by Gasteiger charge is -2.09. The van der Waals surface area contributed by atoms with Gasteiger partial charge in [-0.15, -0.1) is 10.2 Å². The molecule has 2 aromatic carbocycles. The molecule has 0 radical (unpaired) electrons. The lowest BCUT2D eigenvalue weighted by molar-refractivity contribution is -0.114. The number of nitriles is 1. The summed E-state index contributed by atoms with van der Waals surface area (Å²) in [7, 11) is 0. The summed E-state index contributed by atoms with van der Waals surface area (Å²) < 4.78 is 1.91. The number of nitrogens with zero attached hydrogens (tertiary/aromatic N) is 4. The fourth-order valence-corrected chi connectivity index (χ4v) is 3.64. The van der Waals surface area contributed by atoms with Gasteiger partial charge in [-0.2, -0.15) is 5.26 Å². The van der Waals surface area contributed by atoms with Crippen molar-refractivity contribution in [2.24, 2.45) is 0 Å². The van der Waals surface area contributed by atoms with Crippen molar-refractivity contribution < 1.29 is 9.59 Å². The molecule has 0 aliphatic carbocycles. The van der Waals surface area contributed by atoms with Gasteiger partial charge in [0.15, 0.2) is 11.0 Å². The molecular formula is C21H20N6O2S. The average Bonchev–Trinajstić information content (AvgIpc) is 3.15. The van der Waals surface area contributed by atoms with E-state index in [-0.39, 0.29) is 17.6 Å². The van der Waals surface area contributed by atoms with Gasteiger partial charge in [0, 0.05) is 24.7 Å². The first-order valence-corrected chi connectivity index (χ1v) is 10.2. The molecule has 0 bridgehead atoms. The normalized spacial score (nSPS) is 10.3. The highest BCUT2D eigenvalue weighted by atomic mass is 32.2. The fourth-order valence-electron chi connectivity index (χ4n) is 2.84. The van der Waals surface area contributed by atoms with Gasteiger partial charge in [-0.3, -0.25) is 9.59 Å². The van der Waals surface area contributed by atoms with E-state index < -0.39 is 0 Å². The second-order valence-corrected chi connectivity index (χ2v) is 7.25. The number of rotatable bonds is 7. The van der Waals surface area contributed by atoms with Crippen molar-refractivity contribution in [3.05, 3.63) is 54.1 Å². The van der Waals surface area contributed by atoms with Crippen LogP contribution in [0.5, 0.6) is 0 Å². The molecule has 152 valence electrons. The number of carbonyl (C=O) groups excluding carboxylic acids is 2. The van der Waals surface area contributed by atoms with Crippen LogP contribution in [0.2, 0.25) is 0 Å². The van der Waals surface area contributed by atoms with Crippen LogP contribution in [-0.4, -0.2) is 32.3 Å². The minimum atomic E-state index is -0.234. The van der Waals surface area contributed by atoms with Crippen LogP contribution >= 0.6 is 11.8 Å². The number of aromatic nitrogens is 3. The van der Waals surface area contributed by atoms with Crippen LogP contribution < -0.4 is 10.6 Å². The van der Waals surface area contributed by atoms with Crippen LogP contribution in [0.1, 0.15) is 19.4 Å². The van der Waals surface area contributed by atoms with E-state index in [1.165, 1.54) is 18.7 Å². The van der Waals surface area contributed by atoms with Crippen LogP contribution in [0.25, 0.3) is 11.4 Å². The number of nitrogens with one attached hydrogen (secondary N) is 2.